The Morgan fingerprint density at radius 1 is 1.42 bits per heavy atom. The average Bonchev–Trinajstić information content (AvgIpc) is 3.01. The lowest BCUT2D eigenvalue weighted by molar-refractivity contribution is 0.335. The average molecular weight is 302 g/mol. The molecule has 1 heterocycles. The van der Waals surface area contributed by atoms with Gasteiger partial charge in [0.25, 0.3) is 0 Å². The third kappa shape index (κ3) is 3.18. The number of nitrogens with zero attached hydrogens (tertiary/aromatic N) is 1. The van der Waals surface area contributed by atoms with Crippen LogP contribution in [0.25, 0.3) is 0 Å². The van der Waals surface area contributed by atoms with Crippen molar-refractivity contribution in [2.24, 2.45) is 0 Å². The maximum atomic E-state index is 12.7. The van der Waals surface area contributed by atoms with Crippen molar-refractivity contribution in [3.63, 3.8) is 0 Å². The Labute approximate surface area is 119 Å². The second-order valence-corrected chi connectivity index (χ2v) is 7.81. The van der Waals surface area contributed by atoms with Crippen molar-refractivity contribution in [3.8, 4) is 0 Å². The van der Waals surface area contributed by atoms with Gasteiger partial charge in [0.05, 0.1) is 4.90 Å². The van der Waals surface area contributed by atoms with Crippen LogP contribution in [0.15, 0.2) is 16.3 Å². The van der Waals surface area contributed by atoms with E-state index in [1.165, 1.54) is 11.3 Å². The molecule has 1 saturated carbocycles. The highest BCUT2D eigenvalue weighted by atomic mass is 32.2. The summed E-state index contributed by atoms with van der Waals surface area (Å²) >= 11 is 1.50. The summed E-state index contributed by atoms with van der Waals surface area (Å²) in [6, 6.07) is 2.00. The van der Waals surface area contributed by atoms with Crippen molar-refractivity contribution in [2.75, 3.05) is 13.6 Å². The molecule has 0 unspecified atom stereocenters. The number of rotatable bonds is 6. The molecule has 1 aromatic heterocycles. The minimum absolute atomic E-state index is 0.197. The van der Waals surface area contributed by atoms with E-state index in [-0.39, 0.29) is 6.04 Å². The number of hydrogen-bond donors (Lipinski definition) is 1. The second-order valence-electron chi connectivity index (χ2n) is 4.93. The molecule has 1 N–H and O–H groups in total. The fourth-order valence-corrected chi connectivity index (χ4v) is 5.68. The van der Waals surface area contributed by atoms with Gasteiger partial charge in [0, 0.05) is 29.4 Å². The van der Waals surface area contributed by atoms with Crippen LogP contribution >= 0.6 is 11.3 Å². The summed E-state index contributed by atoms with van der Waals surface area (Å²) in [5, 5.41) is 4.81. The number of hydrogen-bond acceptors (Lipinski definition) is 4. The van der Waals surface area contributed by atoms with Crippen molar-refractivity contribution < 1.29 is 8.42 Å². The largest absolute Gasteiger partial charge is 0.315 e. The lowest BCUT2D eigenvalue weighted by atomic mass is 10.2. The second kappa shape index (κ2) is 6.35. The van der Waals surface area contributed by atoms with Crippen LogP contribution in [0.3, 0.4) is 0 Å². The summed E-state index contributed by atoms with van der Waals surface area (Å²) in [7, 11) is -1.45. The van der Waals surface area contributed by atoms with E-state index in [0.717, 1.165) is 37.1 Å². The van der Waals surface area contributed by atoms with E-state index >= 15 is 0 Å². The monoisotopic (exact) mass is 302 g/mol. The summed E-state index contributed by atoms with van der Waals surface area (Å²) in [6.45, 7) is 3.21. The first-order valence-corrected chi connectivity index (χ1v) is 9.15. The van der Waals surface area contributed by atoms with Crippen LogP contribution < -0.4 is 5.32 Å². The molecule has 0 spiro atoms. The summed E-state index contributed by atoms with van der Waals surface area (Å²) in [5.74, 6) is 0. The molecule has 0 aliphatic heterocycles. The molecule has 1 aliphatic rings. The zero-order valence-corrected chi connectivity index (χ0v) is 13.2. The predicted octanol–water partition coefficient (Wildman–Crippen LogP) is 2.42. The van der Waals surface area contributed by atoms with E-state index in [2.05, 4.69) is 5.32 Å². The Kier molecular flexibility index (Phi) is 5.00. The summed E-state index contributed by atoms with van der Waals surface area (Å²) < 4.78 is 27.0. The minimum Gasteiger partial charge on any atom is -0.315 e. The number of thiophene rings is 1. The molecule has 0 atom stereocenters. The van der Waals surface area contributed by atoms with Gasteiger partial charge in [0.2, 0.25) is 10.0 Å². The fraction of sp³-hybridized carbons (Fsp3) is 0.692. The van der Waals surface area contributed by atoms with Crippen molar-refractivity contribution in [1.29, 1.82) is 0 Å². The zero-order valence-electron chi connectivity index (χ0n) is 11.6. The van der Waals surface area contributed by atoms with Gasteiger partial charge < -0.3 is 5.32 Å². The van der Waals surface area contributed by atoms with Gasteiger partial charge in [-0.3, -0.25) is 0 Å². The van der Waals surface area contributed by atoms with Crippen LogP contribution in [0, 0.1) is 0 Å². The molecular formula is C13H22N2O2S2. The standard InChI is InChI=1S/C13H22N2O2S2/c1-3-15(11-6-4-5-7-11)19(16,17)13-8-12(9-14-2)18-10-13/h8,10-11,14H,3-7,9H2,1-2H3. The van der Waals surface area contributed by atoms with Crippen LogP contribution in [0.1, 0.15) is 37.5 Å². The van der Waals surface area contributed by atoms with Crippen molar-refractivity contribution >= 4 is 21.4 Å². The molecule has 1 aliphatic carbocycles. The van der Waals surface area contributed by atoms with E-state index in [1.54, 1.807) is 15.8 Å². The molecule has 1 fully saturated rings. The molecule has 2 rings (SSSR count). The Balaban J connectivity index is 2.23. The van der Waals surface area contributed by atoms with Gasteiger partial charge in [-0.25, -0.2) is 8.42 Å². The molecular weight excluding hydrogens is 280 g/mol. The number of sulfonamides is 1. The van der Waals surface area contributed by atoms with Crippen molar-refractivity contribution in [1.82, 2.24) is 9.62 Å². The predicted molar refractivity (Wildman–Crippen MR) is 78.9 cm³/mol. The molecule has 19 heavy (non-hydrogen) atoms. The van der Waals surface area contributed by atoms with Crippen LogP contribution in [-0.2, 0) is 16.6 Å². The van der Waals surface area contributed by atoms with E-state index in [1.807, 2.05) is 14.0 Å². The van der Waals surface area contributed by atoms with Gasteiger partial charge in [-0.2, -0.15) is 4.31 Å². The zero-order chi connectivity index (χ0) is 13.9. The Bertz CT molecular complexity index is 504. The van der Waals surface area contributed by atoms with Gasteiger partial charge in [-0.15, -0.1) is 11.3 Å². The lowest BCUT2D eigenvalue weighted by Crippen LogP contribution is -2.38. The first-order chi connectivity index (χ1) is 9.09. The van der Waals surface area contributed by atoms with Crippen molar-refractivity contribution in [2.45, 2.75) is 50.1 Å². The maximum absolute atomic E-state index is 12.7. The summed E-state index contributed by atoms with van der Waals surface area (Å²) in [4.78, 5) is 1.51. The van der Waals surface area contributed by atoms with E-state index < -0.39 is 10.0 Å². The highest BCUT2D eigenvalue weighted by Crippen LogP contribution is 2.30. The van der Waals surface area contributed by atoms with E-state index in [0.29, 0.717) is 11.4 Å². The topological polar surface area (TPSA) is 49.4 Å². The third-order valence-corrected chi connectivity index (χ3v) is 6.72. The SMILES string of the molecule is CCN(C1CCCC1)S(=O)(=O)c1csc(CNC)c1. The maximum Gasteiger partial charge on any atom is 0.244 e. The summed E-state index contributed by atoms with van der Waals surface area (Å²) in [6.07, 6.45) is 4.29. The van der Waals surface area contributed by atoms with Gasteiger partial charge in [-0.05, 0) is 26.0 Å². The molecule has 0 saturated heterocycles. The van der Waals surface area contributed by atoms with Crippen molar-refractivity contribution in [3.05, 3.63) is 16.3 Å². The molecule has 108 valence electrons. The number of nitrogens with one attached hydrogen (secondary N) is 1. The van der Waals surface area contributed by atoms with Crippen LogP contribution in [0.4, 0.5) is 0 Å². The fourth-order valence-electron chi connectivity index (χ4n) is 2.71. The quantitative estimate of drug-likeness (QED) is 0.878. The first-order valence-electron chi connectivity index (χ1n) is 6.83. The van der Waals surface area contributed by atoms with Gasteiger partial charge in [0.1, 0.15) is 0 Å². The lowest BCUT2D eigenvalue weighted by Gasteiger charge is -2.26. The normalized spacial score (nSPS) is 17.4. The molecule has 0 amide bonds. The van der Waals surface area contributed by atoms with Crippen LogP contribution in [0.2, 0.25) is 0 Å². The van der Waals surface area contributed by atoms with Gasteiger partial charge in [-0.1, -0.05) is 19.8 Å². The Morgan fingerprint density at radius 2 is 2.11 bits per heavy atom. The van der Waals surface area contributed by atoms with Gasteiger partial charge >= 0.3 is 0 Å². The Morgan fingerprint density at radius 3 is 2.68 bits per heavy atom. The van der Waals surface area contributed by atoms with Crippen LogP contribution in [-0.4, -0.2) is 32.4 Å². The minimum atomic E-state index is -3.32. The Hall–Kier alpha value is -0.430. The summed E-state index contributed by atoms with van der Waals surface area (Å²) in [5.41, 5.74) is 0. The van der Waals surface area contributed by atoms with Crippen LogP contribution in [0.5, 0.6) is 0 Å². The van der Waals surface area contributed by atoms with E-state index in [4.69, 9.17) is 0 Å². The molecule has 4 nitrogen and oxygen atoms in total. The smallest absolute Gasteiger partial charge is 0.244 e. The molecule has 0 radical (unpaired) electrons. The molecule has 6 heteroatoms. The molecule has 1 aromatic rings. The highest BCUT2D eigenvalue weighted by Gasteiger charge is 2.32. The van der Waals surface area contributed by atoms with E-state index in [9.17, 15) is 8.42 Å². The molecule has 0 aromatic carbocycles. The highest BCUT2D eigenvalue weighted by molar-refractivity contribution is 7.89. The third-order valence-electron chi connectivity index (χ3n) is 3.63. The first kappa shape index (κ1) is 15.0. The van der Waals surface area contributed by atoms with Gasteiger partial charge in [0.15, 0.2) is 0 Å². The molecule has 0 bridgehead atoms.